The van der Waals surface area contributed by atoms with Crippen LogP contribution in [0.3, 0.4) is 0 Å². The molecule has 0 saturated heterocycles. The third-order valence-corrected chi connectivity index (χ3v) is 9.96. The fourth-order valence-electron chi connectivity index (χ4n) is 8.49. The molecule has 0 aromatic heterocycles. The van der Waals surface area contributed by atoms with Gasteiger partial charge < -0.3 is 5.11 Å². The first-order chi connectivity index (χ1) is 12.8. The van der Waals surface area contributed by atoms with Gasteiger partial charge in [-0.25, -0.2) is 0 Å². The van der Waals surface area contributed by atoms with Crippen LogP contribution in [0.25, 0.3) is 0 Å². The van der Waals surface area contributed by atoms with E-state index in [4.69, 9.17) is 5.11 Å². The predicted octanol–water partition coefficient (Wildman–Crippen LogP) is 5.72. The number of carbonyl (C=O) groups is 2. The van der Waals surface area contributed by atoms with Crippen molar-refractivity contribution in [2.75, 3.05) is 0 Å². The Kier molecular flexibility index (Phi) is 4.96. The molecule has 4 saturated carbocycles. The minimum Gasteiger partial charge on any atom is -0.481 e. The van der Waals surface area contributed by atoms with Gasteiger partial charge in [0.15, 0.2) is 0 Å². The minimum absolute atomic E-state index is 0.243. The largest absolute Gasteiger partial charge is 0.481 e. The van der Waals surface area contributed by atoms with Gasteiger partial charge in [-0.3, -0.25) is 9.59 Å². The van der Waals surface area contributed by atoms with Gasteiger partial charge in [0.2, 0.25) is 0 Å². The Bertz CT molecular complexity index is 613. The number of fused-ring (bicyclic) bond motifs is 5. The van der Waals surface area contributed by atoms with Gasteiger partial charge in [-0.15, -0.1) is 0 Å². The Hall–Kier alpha value is -0.860. The van der Waals surface area contributed by atoms with Crippen LogP contribution in [-0.2, 0) is 9.59 Å². The Balaban J connectivity index is 1.57. The van der Waals surface area contributed by atoms with Crippen molar-refractivity contribution in [3.63, 3.8) is 0 Å². The summed E-state index contributed by atoms with van der Waals surface area (Å²) >= 11 is 0. The van der Waals surface area contributed by atoms with Crippen molar-refractivity contribution in [1.82, 2.24) is 0 Å². The molecule has 0 aromatic carbocycles. The molecule has 3 heteroatoms. The summed E-state index contributed by atoms with van der Waals surface area (Å²) in [6.07, 6.45) is 12.0. The van der Waals surface area contributed by atoms with Crippen LogP contribution in [0.15, 0.2) is 0 Å². The summed E-state index contributed by atoms with van der Waals surface area (Å²) in [7, 11) is 0. The summed E-state index contributed by atoms with van der Waals surface area (Å²) in [6.45, 7) is 7.23. The Labute approximate surface area is 164 Å². The van der Waals surface area contributed by atoms with E-state index in [2.05, 4.69) is 20.8 Å². The zero-order valence-electron chi connectivity index (χ0n) is 17.5. The normalized spacial score (nSPS) is 47.7. The quantitative estimate of drug-likeness (QED) is 0.685. The van der Waals surface area contributed by atoms with Crippen molar-refractivity contribution in [2.24, 2.45) is 46.3 Å². The monoisotopic (exact) mass is 374 g/mol. The number of aliphatic carboxylic acids is 1. The molecule has 4 aliphatic carbocycles. The molecule has 2 unspecified atom stereocenters. The zero-order chi connectivity index (χ0) is 19.4. The lowest BCUT2D eigenvalue weighted by molar-refractivity contribution is -0.156. The highest BCUT2D eigenvalue weighted by Crippen LogP contribution is 2.67. The van der Waals surface area contributed by atoms with E-state index < -0.39 is 5.97 Å². The van der Waals surface area contributed by atoms with E-state index >= 15 is 0 Å². The van der Waals surface area contributed by atoms with E-state index in [-0.39, 0.29) is 11.8 Å². The second-order valence-corrected chi connectivity index (χ2v) is 11.0. The lowest BCUT2D eigenvalue weighted by Gasteiger charge is -2.60. The van der Waals surface area contributed by atoms with Crippen LogP contribution in [0, 0.1) is 46.3 Å². The number of rotatable bonds is 4. The average molecular weight is 375 g/mol. The molecular weight excluding hydrogens is 336 g/mol. The summed E-state index contributed by atoms with van der Waals surface area (Å²) in [4.78, 5) is 24.4. The topological polar surface area (TPSA) is 54.4 Å². The third kappa shape index (κ3) is 2.99. The first kappa shape index (κ1) is 19.5. The highest BCUT2D eigenvalue weighted by atomic mass is 16.4. The molecule has 0 spiro atoms. The van der Waals surface area contributed by atoms with Crippen molar-refractivity contribution in [3.05, 3.63) is 0 Å². The maximum absolute atomic E-state index is 13.3. The van der Waals surface area contributed by atoms with Gasteiger partial charge in [-0.2, -0.15) is 0 Å². The van der Waals surface area contributed by atoms with Gasteiger partial charge >= 0.3 is 5.97 Å². The highest BCUT2D eigenvalue weighted by molar-refractivity contribution is 5.83. The molecule has 0 aromatic rings. The Morgan fingerprint density at radius 3 is 2.56 bits per heavy atom. The van der Waals surface area contributed by atoms with Crippen molar-refractivity contribution in [1.29, 1.82) is 0 Å². The van der Waals surface area contributed by atoms with Crippen molar-refractivity contribution in [3.8, 4) is 0 Å². The smallest absolute Gasteiger partial charge is 0.303 e. The molecule has 0 amide bonds. The molecule has 0 heterocycles. The SMILES string of the molecule is C[C@H](CCC(=O)O)[C@H]1CC[C@H]2[C@@H]3C(=O)CC4CCCCC4(C)[C@H]3CC[C@]12C. The summed E-state index contributed by atoms with van der Waals surface area (Å²) in [5, 5.41) is 9.08. The van der Waals surface area contributed by atoms with E-state index in [1.807, 2.05) is 0 Å². The summed E-state index contributed by atoms with van der Waals surface area (Å²) in [6, 6.07) is 0. The molecule has 0 aliphatic heterocycles. The molecule has 4 aliphatic rings. The maximum atomic E-state index is 13.3. The molecular formula is C24H38O3. The third-order valence-electron chi connectivity index (χ3n) is 9.96. The summed E-state index contributed by atoms with van der Waals surface area (Å²) in [5.41, 5.74) is 0.637. The summed E-state index contributed by atoms with van der Waals surface area (Å²) < 4.78 is 0. The van der Waals surface area contributed by atoms with E-state index in [1.54, 1.807) is 0 Å². The molecule has 8 atom stereocenters. The van der Waals surface area contributed by atoms with Crippen molar-refractivity contribution in [2.45, 2.75) is 91.4 Å². The van der Waals surface area contributed by atoms with E-state index in [0.29, 0.717) is 46.7 Å². The van der Waals surface area contributed by atoms with E-state index in [1.165, 1.54) is 51.4 Å². The maximum Gasteiger partial charge on any atom is 0.303 e. The van der Waals surface area contributed by atoms with E-state index in [0.717, 1.165) is 12.8 Å². The van der Waals surface area contributed by atoms with Gasteiger partial charge in [0.1, 0.15) is 5.78 Å². The standard InChI is InChI=1S/C24H38O3/c1-15(7-10-21(26)27)17-8-9-18-22-19(11-13-24(17,18)3)23(2)12-5-4-6-16(23)14-20(22)25/h15-19,22H,4-14H2,1-3H3,(H,26,27)/t15-,16?,17-,18+,19+,22+,23?,24-/m1/s1. The average Bonchev–Trinajstić information content (AvgIpc) is 2.97. The Morgan fingerprint density at radius 1 is 1.07 bits per heavy atom. The number of carboxylic acid groups (broad SMARTS) is 1. The molecule has 0 radical (unpaired) electrons. The van der Waals surface area contributed by atoms with E-state index in [9.17, 15) is 9.59 Å². The van der Waals surface area contributed by atoms with Crippen LogP contribution in [0.2, 0.25) is 0 Å². The highest BCUT2D eigenvalue weighted by Gasteiger charge is 2.62. The second-order valence-electron chi connectivity index (χ2n) is 11.0. The van der Waals surface area contributed by atoms with Crippen LogP contribution in [0.5, 0.6) is 0 Å². The fourth-order valence-corrected chi connectivity index (χ4v) is 8.49. The number of carbonyl (C=O) groups excluding carboxylic acids is 1. The predicted molar refractivity (Wildman–Crippen MR) is 106 cm³/mol. The zero-order valence-corrected chi connectivity index (χ0v) is 17.5. The molecule has 152 valence electrons. The van der Waals surface area contributed by atoms with Crippen LogP contribution < -0.4 is 0 Å². The summed E-state index contributed by atoms with van der Waals surface area (Å²) in [5.74, 6) is 3.02. The van der Waals surface area contributed by atoms with Gasteiger partial charge in [-0.05, 0) is 85.4 Å². The minimum atomic E-state index is -0.677. The number of ketones is 1. The first-order valence-corrected chi connectivity index (χ1v) is 11.5. The van der Waals surface area contributed by atoms with Crippen LogP contribution in [0.4, 0.5) is 0 Å². The van der Waals surface area contributed by atoms with Gasteiger partial charge in [0, 0.05) is 18.8 Å². The second kappa shape index (κ2) is 6.88. The van der Waals surface area contributed by atoms with Gasteiger partial charge in [0.25, 0.3) is 0 Å². The van der Waals surface area contributed by atoms with Crippen LogP contribution in [-0.4, -0.2) is 16.9 Å². The Morgan fingerprint density at radius 2 is 1.81 bits per heavy atom. The number of carboxylic acids is 1. The lowest BCUT2D eigenvalue weighted by atomic mass is 9.44. The molecule has 1 N–H and O–H groups in total. The van der Waals surface area contributed by atoms with Crippen molar-refractivity contribution < 1.29 is 14.7 Å². The van der Waals surface area contributed by atoms with Gasteiger partial charge in [-0.1, -0.05) is 33.6 Å². The van der Waals surface area contributed by atoms with Crippen molar-refractivity contribution >= 4 is 11.8 Å². The lowest BCUT2D eigenvalue weighted by Crippen LogP contribution is -2.56. The van der Waals surface area contributed by atoms with Gasteiger partial charge in [0.05, 0.1) is 0 Å². The molecule has 27 heavy (non-hydrogen) atoms. The number of Topliss-reactive ketones (excluding diaryl/α,β-unsaturated/α-hetero) is 1. The molecule has 0 bridgehead atoms. The molecule has 4 rings (SSSR count). The van der Waals surface area contributed by atoms with Crippen LogP contribution >= 0.6 is 0 Å². The molecule has 4 fully saturated rings. The fraction of sp³-hybridized carbons (Fsp3) is 0.917. The molecule has 3 nitrogen and oxygen atoms in total. The first-order valence-electron chi connectivity index (χ1n) is 11.5. The number of hydrogen-bond donors (Lipinski definition) is 1. The van der Waals surface area contributed by atoms with Crippen LogP contribution in [0.1, 0.15) is 91.4 Å². The number of hydrogen-bond acceptors (Lipinski definition) is 2.